The number of piperidine rings is 1. The maximum atomic E-state index is 11.1. The molecule has 3 nitrogen and oxygen atoms in total. The number of carbonyl (C=O) groups is 1. The highest BCUT2D eigenvalue weighted by molar-refractivity contribution is 5.64. The van der Waals surface area contributed by atoms with Crippen molar-refractivity contribution in [1.82, 2.24) is 10.2 Å². The van der Waals surface area contributed by atoms with Gasteiger partial charge in [0.15, 0.2) is 0 Å². The molecule has 1 heterocycles. The Balaban J connectivity index is 2.43. The van der Waals surface area contributed by atoms with Crippen LogP contribution in [-0.2, 0) is 4.79 Å². The largest absolute Gasteiger partial charge is 0.305 e. The van der Waals surface area contributed by atoms with E-state index < -0.39 is 0 Å². The smallest absolute Gasteiger partial charge is 0.140 e. The van der Waals surface area contributed by atoms with Gasteiger partial charge in [0.25, 0.3) is 0 Å². The Morgan fingerprint density at radius 2 is 2.00 bits per heavy atom. The van der Waals surface area contributed by atoms with Gasteiger partial charge >= 0.3 is 0 Å². The van der Waals surface area contributed by atoms with Crippen molar-refractivity contribution in [2.45, 2.75) is 38.6 Å². The van der Waals surface area contributed by atoms with E-state index in [2.05, 4.69) is 24.1 Å². The summed E-state index contributed by atoms with van der Waals surface area (Å²) >= 11 is 0. The lowest BCUT2D eigenvalue weighted by atomic mass is 9.89. The SMILES string of the molecule is CCCNC1(C=O)CCN(CC)CC1. The maximum Gasteiger partial charge on any atom is 0.140 e. The first kappa shape index (κ1) is 11.7. The Morgan fingerprint density at radius 3 is 2.43 bits per heavy atom. The fourth-order valence-electron chi connectivity index (χ4n) is 1.98. The lowest BCUT2D eigenvalue weighted by Gasteiger charge is -2.38. The molecule has 0 aromatic carbocycles. The zero-order valence-corrected chi connectivity index (χ0v) is 9.38. The summed E-state index contributed by atoms with van der Waals surface area (Å²) < 4.78 is 0. The van der Waals surface area contributed by atoms with Gasteiger partial charge in [0.1, 0.15) is 6.29 Å². The van der Waals surface area contributed by atoms with Gasteiger partial charge in [0, 0.05) is 13.1 Å². The molecule has 3 heteroatoms. The van der Waals surface area contributed by atoms with Crippen LogP contribution in [-0.4, -0.2) is 42.9 Å². The molecule has 0 bridgehead atoms. The lowest BCUT2D eigenvalue weighted by Crippen LogP contribution is -2.54. The van der Waals surface area contributed by atoms with E-state index in [1.807, 2.05) is 0 Å². The molecule has 0 amide bonds. The summed E-state index contributed by atoms with van der Waals surface area (Å²) in [6, 6.07) is 0. The molecule has 1 fully saturated rings. The number of nitrogens with one attached hydrogen (secondary N) is 1. The van der Waals surface area contributed by atoms with Crippen LogP contribution in [0.5, 0.6) is 0 Å². The number of likely N-dealkylation sites (tertiary alicyclic amines) is 1. The normalized spacial score (nSPS) is 22.1. The third-order valence-corrected chi connectivity index (χ3v) is 3.15. The van der Waals surface area contributed by atoms with Gasteiger partial charge in [-0.2, -0.15) is 0 Å². The molecule has 82 valence electrons. The molecular formula is C11H22N2O. The van der Waals surface area contributed by atoms with E-state index in [1.165, 1.54) is 0 Å². The summed E-state index contributed by atoms with van der Waals surface area (Å²) in [6.07, 6.45) is 4.14. The molecule has 0 unspecified atom stereocenters. The van der Waals surface area contributed by atoms with Crippen LogP contribution < -0.4 is 5.32 Å². The summed E-state index contributed by atoms with van der Waals surface area (Å²) in [7, 11) is 0. The fourth-order valence-corrected chi connectivity index (χ4v) is 1.98. The Morgan fingerprint density at radius 1 is 1.36 bits per heavy atom. The van der Waals surface area contributed by atoms with E-state index in [-0.39, 0.29) is 5.54 Å². The van der Waals surface area contributed by atoms with Crippen LogP contribution in [0, 0.1) is 0 Å². The van der Waals surface area contributed by atoms with E-state index >= 15 is 0 Å². The average molecular weight is 198 g/mol. The van der Waals surface area contributed by atoms with Crippen molar-refractivity contribution in [3.05, 3.63) is 0 Å². The number of aldehydes is 1. The molecule has 1 saturated heterocycles. The van der Waals surface area contributed by atoms with Crippen LogP contribution in [0.3, 0.4) is 0 Å². The van der Waals surface area contributed by atoms with Gasteiger partial charge in [-0.15, -0.1) is 0 Å². The van der Waals surface area contributed by atoms with E-state index in [0.29, 0.717) is 0 Å². The summed E-state index contributed by atoms with van der Waals surface area (Å²) in [6.45, 7) is 8.45. The quantitative estimate of drug-likeness (QED) is 0.670. The van der Waals surface area contributed by atoms with Crippen LogP contribution in [0.25, 0.3) is 0 Å². The minimum Gasteiger partial charge on any atom is -0.305 e. The number of carbonyl (C=O) groups excluding carboxylic acids is 1. The van der Waals surface area contributed by atoms with E-state index in [9.17, 15) is 4.79 Å². The third-order valence-electron chi connectivity index (χ3n) is 3.15. The highest BCUT2D eigenvalue weighted by Crippen LogP contribution is 2.19. The molecule has 0 aromatic rings. The van der Waals surface area contributed by atoms with Crippen molar-refractivity contribution < 1.29 is 4.79 Å². The first-order chi connectivity index (χ1) is 6.76. The standard InChI is InChI=1S/C11H22N2O/c1-3-7-12-11(10-14)5-8-13(4-2)9-6-11/h10,12H,3-9H2,1-2H3. The van der Waals surface area contributed by atoms with Crippen molar-refractivity contribution >= 4 is 6.29 Å². The molecule has 14 heavy (non-hydrogen) atoms. The summed E-state index contributed by atoms with van der Waals surface area (Å²) in [4.78, 5) is 13.5. The second-order valence-electron chi connectivity index (χ2n) is 4.14. The van der Waals surface area contributed by atoms with Crippen LogP contribution in [0.4, 0.5) is 0 Å². The van der Waals surface area contributed by atoms with Gasteiger partial charge < -0.3 is 15.0 Å². The van der Waals surface area contributed by atoms with E-state index in [4.69, 9.17) is 0 Å². The summed E-state index contributed by atoms with van der Waals surface area (Å²) in [5.74, 6) is 0. The van der Waals surface area contributed by atoms with E-state index in [1.54, 1.807) is 0 Å². The maximum absolute atomic E-state index is 11.1. The fraction of sp³-hybridized carbons (Fsp3) is 0.909. The second kappa shape index (κ2) is 5.47. The van der Waals surface area contributed by atoms with Crippen LogP contribution in [0.15, 0.2) is 0 Å². The zero-order valence-electron chi connectivity index (χ0n) is 9.38. The van der Waals surface area contributed by atoms with Gasteiger partial charge in [-0.1, -0.05) is 13.8 Å². The Kier molecular flexibility index (Phi) is 4.55. The predicted octanol–water partition coefficient (Wildman–Crippen LogP) is 1.04. The predicted molar refractivity (Wildman–Crippen MR) is 58.4 cm³/mol. The van der Waals surface area contributed by atoms with Crippen molar-refractivity contribution in [3.63, 3.8) is 0 Å². The number of hydrogen-bond acceptors (Lipinski definition) is 3. The molecule has 0 saturated carbocycles. The molecule has 0 aliphatic carbocycles. The first-order valence-corrected chi connectivity index (χ1v) is 5.70. The number of nitrogens with zero attached hydrogens (tertiary/aromatic N) is 1. The molecule has 0 radical (unpaired) electrons. The third kappa shape index (κ3) is 2.79. The van der Waals surface area contributed by atoms with Gasteiger partial charge in [-0.25, -0.2) is 0 Å². The Bertz CT molecular complexity index is 174. The summed E-state index contributed by atoms with van der Waals surface area (Å²) in [5.41, 5.74) is -0.221. The highest BCUT2D eigenvalue weighted by Gasteiger charge is 2.32. The van der Waals surface area contributed by atoms with Crippen LogP contribution >= 0.6 is 0 Å². The summed E-state index contributed by atoms with van der Waals surface area (Å²) in [5, 5.41) is 3.38. The molecule has 1 N–H and O–H groups in total. The Hall–Kier alpha value is -0.410. The topological polar surface area (TPSA) is 32.3 Å². The van der Waals surface area contributed by atoms with Gasteiger partial charge in [-0.05, 0) is 32.4 Å². The monoisotopic (exact) mass is 198 g/mol. The molecule has 0 spiro atoms. The van der Waals surface area contributed by atoms with Crippen LogP contribution in [0.1, 0.15) is 33.1 Å². The Labute approximate surface area is 86.9 Å². The van der Waals surface area contributed by atoms with Crippen LogP contribution in [0.2, 0.25) is 0 Å². The molecule has 0 atom stereocenters. The zero-order chi connectivity index (χ0) is 10.4. The highest BCUT2D eigenvalue weighted by atomic mass is 16.1. The minimum absolute atomic E-state index is 0.221. The lowest BCUT2D eigenvalue weighted by molar-refractivity contribution is -0.115. The molecular weight excluding hydrogens is 176 g/mol. The minimum atomic E-state index is -0.221. The number of hydrogen-bond donors (Lipinski definition) is 1. The number of rotatable bonds is 5. The van der Waals surface area contributed by atoms with Gasteiger partial charge in [-0.3, -0.25) is 0 Å². The van der Waals surface area contributed by atoms with Crippen molar-refractivity contribution in [3.8, 4) is 0 Å². The molecule has 0 aromatic heterocycles. The van der Waals surface area contributed by atoms with Crippen molar-refractivity contribution in [2.24, 2.45) is 0 Å². The van der Waals surface area contributed by atoms with Crippen molar-refractivity contribution in [1.29, 1.82) is 0 Å². The van der Waals surface area contributed by atoms with Gasteiger partial charge in [0.2, 0.25) is 0 Å². The molecule has 1 rings (SSSR count). The van der Waals surface area contributed by atoms with Gasteiger partial charge in [0.05, 0.1) is 5.54 Å². The first-order valence-electron chi connectivity index (χ1n) is 5.70. The molecule has 1 aliphatic heterocycles. The molecule has 1 aliphatic rings. The average Bonchev–Trinajstić information content (AvgIpc) is 2.27. The second-order valence-corrected chi connectivity index (χ2v) is 4.14. The van der Waals surface area contributed by atoms with Crippen molar-refractivity contribution in [2.75, 3.05) is 26.2 Å². The van der Waals surface area contributed by atoms with E-state index in [0.717, 1.165) is 51.7 Å².